The molecule has 2 heterocycles. The van der Waals surface area contributed by atoms with E-state index in [-0.39, 0.29) is 17.9 Å². The molecule has 0 spiro atoms. The largest absolute Gasteiger partial charge is 0.480 e. The van der Waals surface area contributed by atoms with Crippen LogP contribution in [0.1, 0.15) is 22.9 Å². The van der Waals surface area contributed by atoms with Gasteiger partial charge in [0.1, 0.15) is 18.2 Å². The van der Waals surface area contributed by atoms with Crippen LogP contribution in [0, 0.1) is 5.82 Å². The van der Waals surface area contributed by atoms with Crippen molar-refractivity contribution in [2.24, 2.45) is 4.99 Å². The molecule has 4 rings (SSSR count). The van der Waals surface area contributed by atoms with Gasteiger partial charge in [-0.1, -0.05) is 30.3 Å². The maximum atomic E-state index is 13.3. The number of benzene rings is 2. The number of aromatic nitrogens is 1. The molecule has 0 saturated carbocycles. The number of nitrogens with zero attached hydrogens (tertiary/aromatic N) is 2. The van der Waals surface area contributed by atoms with Crippen molar-refractivity contribution in [2.45, 2.75) is 17.4 Å². The Kier molecular flexibility index (Phi) is 7.79. The van der Waals surface area contributed by atoms with Crippen molar-refractivity contribution in [2.75, 3.05) is 24.2 Å². The van der Waals surface area contributed by atoms with Crippen LogP contribution in [0.5, 0.6) is 0 Å². The van der Waals surface area contributed by atoms with E-state index in [1.807, 2.05) is 24.3 Å². The van der Waals surface area contributed by atoms with Gasteiger partial charge in [-0.05, 0) is 48.4 Å². The SMILES string of the molecule is O=C(O)CNc1cccc(C(Cc2ccc(C3=NCCS3)cc2)NS(=O)(=O)c2ccc(F)cc2)n1. The third kappa shape index (κ3) is 6.65. The maximum absolute atomic E-state index is 13.3. The summed E-state index contributed by atoms with van der Waals surface area (Å²) in [6.45, 7) is 0.471. The van der Waals surface area contributed by atoms with Crippen molar-refractivity contribution >= 4 is 38.6 Å². The number of sulfonamides is 1. The number of rotatable bonds is 10. The average molecular weight is 515 g/mol. The summed E-state index contributed by atoms with van der Waals surface area (Å²) in [7, 11) is -4.00. The minimum absolute atomic E-state index is 0.0734. The summed E-state index contributed by atoms with van der Waals surface area (Å²) in [5, 5.41) is 12.6. The van der Waals surface area contributed by atoms with E-state index in [1.165, 1.54) is 12.1 Å². The monoisotopic (exact) mass is 514 g/mol. The number of thioether (sulfide) groups is 1. The smallest absolute Gasteiger partial charge is 0.322 e. The lowest BCUT2D eigenvalue weighted by atomic mass is 10.0. The Bertz CT molecular complexity index is 1330. The molecule has 1 aliphatic rings. The van der Waals surface area contributed by atoms with Gasteiger partial charge in [-0.3, -0.25) is 9.79 Å². The molecule has 182 valence electrons. The molecular formula is C24H23FN4O4S2. The van der Waals surface area contributed by atoms with Gasteiger partial charge in [-0.25, -0.2) is 22.5 Å². The molecule has 0 aliphatic carbocycles. The highest BCUT2D eigenvalue weighted by Gasteiger charge is 2.23. The summed E-state index contributed by atoms with van der Waals surface area (Å²) in [5.74, 6) is -0.315. The summed E-state index contributed by atoms with van der Waals surface area (Å²) in [6, 6.07) is 16.5. The predicted octanol–water partition coefficient (Wildman–Crippen LogP) is 3.47. The van der Waals surface area contributed by atoms with Crippen LogP contribution in [0.4, 0.5) is 10.2 Å². The van der Waals surface area contributed by atoms with Gasteiger partial charge in [0.15, 0.2) is 0 Å². The molecule has 0 fully saturated rings. The molecule has 1 unspecified atom stereocenters. The fraction of sp³-hybridized carbons (Fsp3) is 0.208. The van der Waals surface area contributed by atoms with Crippen LogP contribution < -0.4 is 10.0 Å². The second-order valence-electron chi connectivity index (χ2n) is 7.76. The molecule has 0 amide bonds. The molecule has 0 saturated heterocycles. The molecule has 1 aromatic heterocycles. The Hall–Kier alpha value is -3.28. The third-order valence-electron chi connectivity index (χ3n) is 5.20. The highest BCUT2D eigenvalue weighted by atomic mass is 32.2. The molecule has 1 aliphatic heterocycles. The van der Waals surface area contributed by atoms with E-state index in [9.17, 15) is 17.6 Å². The lowest BCUT2D eigenvalue weighted by molar-refractivity contribution is -0.134. The van der Waals surface area contributed by atoms with Crippen molar-refractivity contribution in [3.8, 4) is 0 Å². The molecule has 1 atom stereocenters. The number of hydrogen-bond acceptors (Lipinski definition) is 7. The van der Waals surface area contributed by atoms with Crippen LogP contribution in [0.25, 0.3) is 0 Å². The Morgan fingerprint density at radius 2 is 1.83 bits per heavy atom. The van der Waals surface area contributed by atoms with Crippen molar-refractivity contribution < 1.29 is 22.7 Å². The zero-order valence-electron chi connectivity index (χ0n) is 18.5. The number of hydrogen-bond donors (Lipinski definition) is 3. The van der Waals surface area contributed by atoms with Gasteiger partial charge < -0.3 is 10.4 Å². The maximum Gasteiger partial charge on any atom is 0.322 e. The van der Waals surface area contributed by atoms with Crippen molar-refractivity contribution in [1.29, 1.82) is 0 Å². The number of anilines is 1. The van der Waals surface area contributed by atoms with Crippen LogP contribution in [0.3, 0.4) is 0 Å². The molecule has 11 heteroatoms. The number of carboxylic acid groups (broad SMARTS) is 1. The van der Waals surface area contributed by atoms with E-state index in [0.717, 1.165) is 40.6 Å². The van der Waals surface area contributed by atoms with Crippen LogP contribution in [0.2, 0.25) is 0 Å². The summed E-state index contributed by atoms with van der Waals surface area (Å²) >= 11 is 1.70. The summed E-state index contributed by atoms with van der Waals surface area (Å²) in [6.07, 6.45) is 0.287. The molecule has 8 nitrogen and oxygen atoms in total. The van der Waals surface area contributed by atoms with E-state index in [1.54, 1.807) is 30.0 Å². The highest BCUT2D eigenvalue weighted by molar-refractivity contribution is 8.14. The average Bonchev–Trinajstić information content (AvgIpc) is 3.38. The quantitative estimate of drug-likeness (QED) is 0.379. The molecule has 0 radical (unpaired) electrons. The Morgan fingerprint density at radius 1 is 1.09 bits per heavy atom. The van der Waals surface area contributed by atoms with Crippen LogP contribution in [-0.4, -0.2) is 48.4 Å². The first-order chi connectivity index (χ1) is 16.8. The van der Waals surface area contributed by atoms with Crippen LogP contribution in [0.15, 0.2) is 76.6 Å². The normalized spacial score (nSPS) is 14.4. The first kappa shape index (κ1) is 24.8. The molecule has 0 bridgehead atoms. The third-order valence-corrected chi connectivity index (χ3v) is 7.71. The lowest BCUT2D eigenvalue weighted by Crippen LogP contribution is -2.31. The summed E-state index contributed by atoms with van der Waals surface area (Å²) < 4.78 is 42.1. The van der Waals surface area contributed by atoms with E-state index in [4.69, 9.17) is 5.11 Å². The Labute approximate surface area is 206 Å². The number of pyridine rings is 1. The first-order valence-electron chi connectivity index (χ1n) is 10.8. The Morgan fingerprint density at radius 3 is 2.49 bits per heavy atom. The van der Waals surface area contributed by atoms with Crippen molar-refractivity contribution in [3.63, 3.8) is 0 Å². The van der Waals surface area contributed by atoms with Crippen LogP contribution in [-0.2, 0) is 21.2 Å². The fourth-order valence-electron chi connectivity index (χ4n) is 3.51. The summed E-state index contributed by atoms with van der Waals surface area (Å²) in [5.41, 5.74) is 2.29. The van der Waals surface area contributed by atoms with E-state index in [0.29, 0.717) is 11.5 Å². The van der Waals surface area contributed by atoms with E-state index < -0.39 is 27.9 Å². The summed E-state index contributed by atoms with van der Waals surface area (Å²) in [4.78, 5) is 19.7. The standard InChI is InChI=1S/C24H23FN4O4S2/c25-18-8-10-19(11-9-18)35(32,33)29-21(20-2-1-3-22(28-20)27-15-23(30)31)14-16-4-6-17(7-5-16)24-26-12-13-34-24/h1-11,21,29H,12-15H2,(H,27,28)(H,30,31). The van der Waals surface area contributed by atoms with Crippen molar-refractivity contribution in [1.82, 2.24) is 9.71 Å². The molecule has 3 aromatic rings. The van der Waals surface area contributed by atoms with Crippen LogP contribution >= 0.6 is 11.8 Å². The zero-order valence-corrected chi connectivity index (χ0v) is 20.2. The highest BCUT2D eigenvalue weighted by Crippen LogP contribution is 2.24. The fourth-order valence-corrected chi connectivity index (χ4v) is 5.59. The van der Waals surface area contributed by atoms with Gasteiger partial charge in [0.2, 0.25) is 10.0 Å². The minimum atomic E-state index is -4.00. The number of aliphatic imine (C=N–C) groups is 1. The number of nitrogens with one attached hydrogen (secondary N) is 2. The second-order valence-corrected chi connectivity index (χ2v) is 10.6. The first-order valence-corrected chi connectivity index (χ1v) is 13.2. The van der Waals surface area contributed by atoms with E-state index >= 15 is 0 Å². The van der Waals surface area contributed by atoms with E-state index in [2.05, 4.69) is 20.0 Å². The van der Waals surface area contributed by atoms with Gasteiger partial charge in [-0.2, -0.15) is 0 Å². The zero-order chi connectivity index (χ0) is 24.8. The van der Waals surface area contributed by atoms with Gasteiger partial charge in [-0.15, -0.1) is 11.8 Å². The number of carboxylic acids is 1. The Balaban J connectivity index is 1.62. The van der Waals surface area contributed by atoms with Gasteiger partial charge >= 0.3 is 5.97 Å². The van der Waals surface area contributed by atoms with Gasteiger partial charge in [0.25, 0.3) is 0 Å². The topological polar surface area (TPSA) is 121 Å². The number of halogens is 1. The van der Waals surface area contributed by atoms with Gasteiger partial charge in [0, 0.05) is 17.9 Å². The molecular weight excluding hydrogens is 491 g/mol. The minimum Gasteiger partial charge on any atom is -0.480 e. The molecule has 35 heavy (non-hydrogen) atoms. The van der Waals surface area contributed by atoms with Gasteiger partial charge in [0.05, 0.1) is 21.7 Å². The lowest BCUT2D eigenvalue weighted by Gasteiger charge is -2.20. The molecule has 3 N–H and O–H groups in total. The second kappa shape index (κ2) is 11.0. The number of carbonyl (C=O) groups is 1. The predicted molar refractivity (Wildman–Crippen MR) is 134 cm³/mol. The van der Waals surface area contributed by atoms with Crippen molar-refractivity contribution in [3.05, 3.63) is 89.4 Å². The number of aliphatic carboxylic acids is 1. The molecule has 2 aromatic carbocycles.